The minimum atomic E-state index is -0.255. The van der Waals surface area contributed by atoms with Crippen molar-refractivity contribution >= 4 is 22.9 Å². The Kier molecular flexibility index (Phi) is 3.01. The zero-order valence-electron chi connectivity index (χ0n) is 12.7. The largest absolute Gasteiger partial charge is 0.432 e. The molecule has 0 bridgehead atoms. The number of carbonyl (C=O) groups excluding carboxylic acids is 2. The first-order chi connectivity index (χ1) is 11.1. The van der Waals surface area contributed by atoms with Crippen LogP contribution in [0.25, 0.3) is 11.1 Å². The molecule has 0 radical (unpaired) electrons. The van der Waals surface area contributed by atoms with Crippen LogP contribution in [0.3, 0.4) is 0 Å². The number of fused-ring (bicyclic) bond motifs is 1. The van der Waals surface area contributed by atoms with E-state index in [1.54, 1.807) is 11.0 Å². The fraction of sp³-hybridized carbons (Fsp3) is 0.353. The van der Waals surface area contributed by atoms with Crippen molar-refractivity contribution in [2.45, 2.75) is 18.4 Å². The topological polar surface area (TPSA) is 66.7 Å². The highest BCUT2D eigenvalue weighted by Crippen LogP contribution is 2.45. The SMILES string of the molecule is C=CC(=O)N1CCN(C(=O)c2nc3ccccc3o2)C2(CC2)C1. The molecule has 23 heavy (non-hydrogen) atoms. The predicted octanol–water partition coefficient (Wildman–Crippen LogP) is 1.83. The van der Waals surface area contributed by atoms with Crippen LogP contribution in [-0.2, 0) is 4.79 Å². The Hall–Kier alpha value is -2.63. The van der Waals surface area contributed by atoms with Gasteiger partial charge in [0.25, 0.3) is 5.89 Å². The molecule has 1 aliphatic heterocycles. The van der Waals surface area contributed by atoms with Crippen LogP contribution in [0.4, 0.5) is 0 Å². The average molecular weight is 311 g/mol. The summed E-state index contributed by atoms with van der Waals surface area (Å²) >= 11 is 0. The summed E-state index contributed by atoms with van der Waals surface area (Å²) in [5.41, 5.74) is 1.04. The van der Waals surface area contributed by atoms with Gasteiger partial charge in [0.1, 0.15) is 5.52 Å². The van der Waals surface area contributed by atoms with Crippen LogP contribution in [0.2, 0.25) is 0 Å². The summed E-state index contributed by atoms with van der Waals surface area (Å²) in [6.45, 7) is 5.10. The van der Waals surface area contributed by atoms with Crippen LogP contribution >= 0.6 is 0 Å². The summed E-state index contributed by atoms with van der Waals surface area (Å²) in [5, 5.41) is 0. The van der Waals surface area contributed by atoms with Gasteiger partial charge in [0.15, 0.2) is 5.58 Å². The normalized spacial score (nSPS) is 19.1. The second-order valence-corrected chi connectivity index (χ2v) is 6.13. The summed E-state index contributed by atoms with van der Waals surface area (Å²) < 4.78 is 5.60. The molecule has 2 aromatic rings. The fourth-order valence-electron chi connectivity index (χ4n) is 3.26. The number of hydrogen-bond donors (Lipinski definition) is 0. The van der Waals surface area contributed by atoms with Crippen LogP contribution in [0.5, 0.6) is 0 Å². The average Bonchev–Trinajstić information content (AvgIpc) is 3.19. The van der Waals surface area contributed by atoms with Crippen molar-refractivity contribution in [2.24, 2.45) is 0 Å². The molecule has 2 heterocycles. The Morgan fingerprint density at radius 1 is 1.26 bits per heavy atom. The molecule has 1 aromatic carbocycles. The second kappa shape index (κ2) is 4.94. The van der Waals surface area contributed by atoms with Crippen molar-refractivity contribution < 1.29 is 14.0 Å². The van der Waals surface area contributed by atoms with E-state index in [9.17, 15) is 9.59 Å². The number of nitrogens with zero attached hydrogens (tertiary/aromatic N) is 3. The summed E-state index contributed by atoms with van der Waals surface area (Å²) in [6.07, 6.45) is 3.13. The van der Waals surface area contributed by atoms with E-state index in [-0.39, 0.29) is 23.2 Å². The minimum Gasteiger partial charge on any atom is -0.432 e. The lowest BCUT2D eigenvalue weighted by molar-refractivity contribution is -0.129. The van der Waals surface area contributed by atoms with Gasteiger partial charge in [-0.15, -0.1) is 0 Å². The maximum atomic E-state index is 12.8. The van der Waals surface area contributed by atoms with Crippen LogP contribution in [0, 0.1) is 0 Å². The molecule has 2 fully saturated rings. The molecule has 1 saturated carbocycles. The van der Waals surface area contributed by atoms with Crippen molar-refractivity contribution in [1.82, 2.24) is 14.8 Å². The number of rotatable bonds is 2. The number of aromatic nitrogens is 1. The lowest BCUT2D eigenvalue weighted by Gasteiger charge is -2.41. The summed E-state index contributed by atoms with van der Waals surface area (Å²) in [7, 11) is 0. The molecule has 6 heteroatoms. The Labute approximate surface area is 133 Å². The molecule has 2 aliphatic rings. The summed E-state index contributed by atoms with van der Waals surface area (Å²) in [5.74, 6) is -0.143. The van der Waals surface area contributed by atoms with E-state index in [1.165, 1.54) is 6.08 Å². The molecule has 1 spiro atoms. The van der Waals surface area contributed by atoms with Crippen molar-refractivity contribution in [1.29, 1.82) is 0 Å². The van der Waals surface area contributed by atoms with E-state index in [1.807, 2.05) is 23.1 Å². The first kappa shape index (κ1) is 14.0. The van der Waals surface area contributed by atoms with Gasteiger partial charge in [0, 0.05) is 19.6 Å². The van der Waals surface area contributed by atoms with Crippen molar-refractivity contribution in [3.63, 3.8) is 0 Å². The van der Waals surface area contributed by atoms with Gasteiger partial charge in [-0.2, -0.15) is 0 Å². The lowest BCUT2D eigenvalue weighted by atomic mass is 10.1. The molecular formula is C17H17N3O3. The van der Waals surface area contributed by atoms with Gasteiger partial charge in [0.05, 0.1) is 5.54 Å². The number of piperazine rings is 1. The van der Waals surface area contributed by atoms with Crippen LogP contribution in [-0.4, -0.2) is 51.8 Å². The Morgan fingerprint density at radius 3 is 2.74 bits per heavy atom. The number of oxazole rings is 1. The van der Waals surface area contributed by atoms with Crippen molar-refractivity contribution in [2.75, 3.05) is 19.6 Å². The number of para-hydroxylation sites is 2. The molecule has 0 N–H and O–H groups in total. The molecule has 0 atom stereocenters. The third kappa shape index (κ3) is 2.21. The van der Waals surface area contributed by atoms with Gasteiger partial charge < -0.3 is 14.2 Å². The van der Waals surface area contributed by atoms with Crippen LogP contribution in [0.1, 0.15) is 23.5 Å². The zero-order valence-corrected chi connectivity index (χ0v) is 12.7. The number of carbonyl (C=O) groups is 2. The molecule has 1 aliphatic carbocycles. The third-order valence-electron chi connectivity index (χ3n) is 4.69. The van der Waals surface area contributed by atoms with E-state index in [0.717, 1.165) is 12.8 Å². The van der Waals surface area contributed by atoms with Gasteiger partial charge in [-0.05, 0) is 31.1 Å². The lowest BCUT2D eigenvalue weighted by Crippen LogP contribution is -2.58. The van der Waals surface area contributed by atoms with E-state index >= 15 is 0 Å². The monoisotopic (exact) mass is 311 g/mol. The van der Waals surface area contributed by atoms with Crippen LogP contribution < -0.4 is 0 Å². The fourth-order valence-corrected chi connectivity index (χ4v) is 3.26. The van der Waals surface area contributed by atoms with E-state index in [4.69, 9.17) is 4.42 Å². The predicted molar refractivity (Wildman–Crippen MR) is 83.8 cm³/mol. The van der Waals surface area contributed by atoms with E-state index in [2.05, 4.69) is 11.6 Å². The molecule has 118 valence electrons. The van der Waals surface area contributed by atoms with Gasteiger partial charge in [-0.3, -0.25) is 9.59 Å². The van der Waals surface area contributed by atoms with Crippen molar-refractivity contribution in [3.8, 4) is 0 Å². The molecular weight excluding hydrogens is 294 g/mol. The highest BCUT2D eigenvalue weighted by molar-refractivity contribution is 5.94. The maximum Gasteiger partial charge on any atom is 0.310 e. The molecule has 1 saturated heterocycles. The van der Waals surface area contributed by atoms with Crippen LogP contribution in [0.15, 0.2) is 41.3 Å². The number of hydrogen-bond acceptors (Lipinski definition) is 4. The Morgan fingerprint density at radius 2 is 2.04 bits per heavy atom. The van der Waals surface area contributed by atoms with Gasteiger partial charge >= 0.3 is 5.91 Å². The molecule has 0 unspecified atom stereocenters. The van der Waals surface area contributed by atoms with Crippen molar-refractivity contribution in [3.05, 3.63) is 42.8 Å². The maximum absolute atomic E-state index is 12.8. The van der Waals surface area contributed by atoms with Gasteiger partial charge in [-0.1, -0.05) is 18.7 Å². The van der Waals surface area contributed by atoms with Gasteiger partial charge in [-0.25, -0.2) is 4.98 Å². The van der Waals surface area contributed by atoms with Gasteiger partial charge in [0.2, 0.25) is 5.91 Å². The molecule has 2 amide bonds. The highest BCUT2D eigenvalue weighted by Gasteiger charge is 2.54. The standard InChI is InChI=1S/C17H17N3O3/c1-2-14(21)19-9-10-20(17(11-19)7-8-17)16(22)15-18-12-5-3-4-6-13(12)23-15/h2-6H,1,7-11H2. The highest BCUT2D eigenvalue weighted by atomic mass is 16.4. The minimum absolute atomic E-state index is 0.0785. The quantitative estimate of drug-likeness (QED) is 0.794. The van der Waals surface area contributed by atoms with E-state index < -0.39 is 0 Å². The molecule has 4 rings (SSSR count). The first-order valence-corrected chi connectivity index (χ1v) is 7.72. The number of amides is 2. The Balaban J connectivity index is 1.59. The summed E-state index contributed by atoms with van der Waals surface area (Å²) in [4.78, 5) is 32.5. The van der Waals surface area contributed by atoms with E-state index in [0.29, 0.717) is 30.7 Å². The third-order valence-corrected chi connectivity index (χ3v) is 4.69. The molecule has 1 aromatic heterocycles. The Bertz CT molecular complexity index is 773. The second-order valence-electron chi connectivity index (χ2n) is 6.13. The number of benzene rings is 1. The zero-order chi connectivity index (χ0) is 16.0. The molecule has 6 nitrogen and oxygen atoms in total. The first-order valence-electron chi connectivity index (χ1n) is 7.72. The summed E-state index contributed by atoms with van der Waals surface area (Å²) in [6, 6.07) is 7.33. The smallest absolute Gasteiger partial charge is 0.310 e.